The van der Waals surface area contributed by atoms with Crippen LogP contribution >= 0.6 is 0 Å². The summed E-state index contributed by atoms with van der Waals surface area (Å²) in [5.74, 6) is 1.77. The summed E-state index contributed by atoms with van der Waals surface area (Å²) in [7, 11) is 3.53. The van der Waals surface area contributed by atoms with E-state index < -0.39 is 0 Å². The van der Waals surface area contributed by atoms with E-state index in [1.54, 1.807) is 13.3 Å². The van der Waals surface area contributed by atoms with Gasteiger partial charge in [-0.25, -0.2) is 0 Å². The van der Waals surface area contributed by atoms with Crippen LogP contribution in [0.3, 0.4) is 0 Å². The second-order valence-electron chi connectivity index (χ2n) is 6.36. The van der Waals surface area contributed by atoms with Crippen LogP contribution in [-0.4, -0.2) is 50.8 Å². The summed E-state index contributed by atoms with van der Waals surface area (Å²) in [5.41, 5.74) is 2.37. The number of benzene rings is 1. The van der Waals surface area contributed by atoms with Gasteiger partial charge in [-0.15, -0.1) is 0 Å². The fraction of sp³-hybridized carbons (Fsp3) is 0.400. The molecule has 2 heterocycles. The lowest BCUT2D eigenvalue weighted by Crippen LogP contribution is -2.45. The summed E-state index contributed by atoms with van der Waals surface area (Å²) in [6, 6.07) is 12.6. The Morgan fingerprint density at radius 3 is 2.96 bits per heavy atom. The average molecular weight is 353 g/mol. The van der Waals surface area contributed by atoms with Gasteiger partial charge in [-0.05, 0) is 36.6 Å². The number of methoxy groups -OCH3 is 1. The van der Waals surface area contributed by atoms with Crippen LogP contribution in [0.2, 0.25) is 0 Å². The largest absolute Gasteiger partial charge is 0.495 e. The van der Waals surface area contributed by atoms with Gasteiger partial charge in [0.25, 0.3) is 0 Å². The number of rotatable bonds is 6. The molecule has 0 amide bonds. The van der Waals surface area contributed by atoms with Crippen molar-refractivity contribution in [2.24, 2.45) is 4.99 Å². The van der Waals surface area contributed by atoms with Crippen molar-refractivity contribution in [3.8, 4) is 5.75 Å². The monoisotopic (exact) mass is 353 g/mol. The summed E-state index contributed by atoms with van der Waals surface area (Å²) in [6.07, 6.45) is 5.69. The van der Waals surface area contributed by atoms with E-state index >= 15 is 0 Å². The third-order valence-electron chi connectivity index (χ3n) is 4.61. The van der Waals surface area contributed by atoms with Gasteiger partial charge in [0.05, 0.1) is 12.8 Å². The van der Waals surface area contributed by atoms with Gasteiger partial charge >= 0.3 is 0 Å². The number of guanidine groups is 1. The lowest BCUT2D eigenvalue weighted by atomic mass is 10.2. The second kappa shape index (κ2) is 9.08. The molecule has 1 aromatic heterocycles. The molecule has 26 heavy (non-hydrogen) atoms. The van der Waals surface area contributed by atoms with Gasteiger partial charge < -0.3 is 20.3 Å². The smallest absolute Gasteiger partial charge is 0.191 e. The Morgan fingerprint density at radius 1 is 1.31 bits per heavy atom. The van der Waals surface area contributed by atoms with Gasteiger partial charge in [0, 0.05) is 45.1 Å². The fourth-order valence-electron chi connectivity index (χ4n) is 3.25. The molecule has 2 aromatic rings. The molecule has 1 atom stereocenters. The predicted molar refractivity (Wildman–Crippen MR) is 106 cm³/mol. The first-order valence-electron chi connectivity index (χ1n) is 9.04. The third-order valence-corrected chi connectivity index (χ3v) is 4.61. The molecule has 0 bridgehead atoms. The molecule has 6 nitrogen and oxygen atoms in total. The van der Waals surface area contributed by atoms with Gasteiger partial charge in [-0.2, -0.15) is 0 Å². The zero-order valence-corrected chi connectivity index (χ0v) is 15.5. The quantitative estimate of drug-likeness (QED) is 0.615. The molecule has 1 saturated heterocycles. The molecule has 2 N–H and O–H groups in total. The number of anilines is 1. The molecular formula is C20H27N5O. The summed E-state index contributed by atoms with van der Waals surface area (Å²) < 4.78 is 5.49. The fourth-order valence-corrected chi connectivity index (χ4v) is 3.25. The van der Waals surface area contributed by atoms with Gasteiger partial charge in [-0.3, -0.25) is 9.98 Å². The number of hydrogen-bond donors (Lipinski definition) is 2. The zero-order valence-electron chi connectivity index (χ0n) is 15.5. The maximum atomic E-state index is 5.49. The first-order valence-corrected chi connectivity index (χ1v) is 9.04. The lowest BCUT2D eigenvalue weighted by Gasteiger charge is -2.22. The predicted octanol–water partition coefficient (Wildman–Crippen LogP) is 2.08. The van der Waals surface area contributed by atoms with E-state index in [0.29, 0.717) is 6.04 Å². The van der Waals surface area contributed by atoms with Gasteiger partial charge in [0.1, 0.15) is 5.75 Å². The molecule has 0 aliphatic carbocycles. The van der Waals surface area contributed by atoms with Crippen LogP contribution < -0.4 is 20.3 Å². The number of nitrogens with one attached hydrogen (secondary N) is 2. The highest BCUT2D eigenvalue weighted by Gasteiger charge is 2.25. The zero-order chi connectivity index (χ0) is 18.2. The number of pyridine rings is 1. The lowest BCUT2D eigenvalue weighted by molar-refractivity contribution is 0.415. The van der Waals surface area contributed by atoms with Crippen molar-refractivity contribution in [3.63, 3.8) is 0 Å². The molecule has 3 rings (SSSR count). The molecule has 0 spiro atoms. The summed E-state index contributed by atoms with van der Waals surface area (Å²) in [5, 5.41) is 6.92. The van der Waals surface area contributed by atoms with Gasteiger partial charge in [0.2, 0.25) is 0 Å². The summed E-state index contributed by atoms with van der Waals surface area (Å²) in [6.45, 7) is 2.77. The SMILES string of the molecule is CN=C(NCCc1cccnc1)NC1CCN(c2ccccc2OC)C1. The van der Waals surface area contributed by atoms with E-state index in [1.807, 2.05) is 31.4 Å². The van der Waals surface area contributed by atoms with Crippen molar-refractivity contribution in [3.05, 3.63) is 54.4 Å². The number of para-hydroxylation sites is 2. The van der Waals surface area contributed by atoms with Crippen LogP contribution in [-0.2, 0) is 6.42 Å². The highest BCUT2D eigenvalue weighted by molar-refractivity contribution is 5.80. The highest BCUT2D eigenvalue weighted by atomic mass is 16.5. The molecule has 6 heteroatoms. The molecule has 1 unspecified atom stereocenters. The van der Waals surface area contributed by atoms with Crippen LogP contribution in [0.1, 0.15) is 12.0 Å². The number of aromatic nitrogens is 1. The van der Waals surface area contributed by atoms with Crippen LogP contribution in [0, 0.1) is 0 Å². The molecule has 1 aliphatic rings. The van der Waals surface area contributed by atoms with Crippen molar-refractivity contribution in [2.45, 2.75) is 18.9 Å². The van der Waals surface area contributed by atoms with E-state index in [2.05, 4.69) is 43.7 Å². The Balaban J connectivity index is 1.49. The van der Waals surface area contributed by atoms with Crippen molar-refractivity contribution >= 4 is 11.6 Å². The van der Waals surface area contributed by atoms with E-state index in [9.17, 15) is 0 Å². The molecule has 0 saturated carbocycles. The second-order valence-corrected chi connectivity index (χ2v) is 6.36. The number of ether oxygens (including phenoxy) is 1. The standard InChI is InChI=1S/C20H27N5O/c1-21-20(23-12-9-16-6-5-11-22-14-16)24-17-10-13-25(15-17)18-7-3-4-8-19(18)26-2/h3-8,11,14,17H,9-10,12-13,15H2,1-2H3,(H2,21,23,24). The Kier molecular flexibility index (Phi) is 6.30. The first-order chi connectivity index (χ1) is 12.8. The average Bonchev–Trinajstić information content (AvgIpc) is 3.16. The van der Waals surface area contributed by atoms with Crippen LogP contribution in [0.15, 0.2) is 53.8 Å². The summed E-state index contributed by atoms with van der Waals surface area (Å²) >= 11 is 0. The van der Waals surface area contributed by atoms with Crippen molar-refractivity contribution in [1.29, 1.82) is 0 Å². The maximum Gasteiger partial charge on any atom is 0.191 e. The van der Waals surface area contributed by atoms with Gasteiger partial charge in [-0.1, -0.05) is 18.2 Å². The highest BCUT2D eigenvalue weighted by Crippen LogP contribution is 2.30. The Bertz CT molecular complexity index is 719. The number of aliphatic imine (C=N–C) groups is 1. The molecule has 1 aromatic carbocycles. The normalized spacial score (nSPS) is 17.2. The van der Waals surface area contributed by atoms with E-state index in [-0.39, 0.29) is 0 Å². The minimum atomic E-state index is 0.365. The minimum Gasteiger partial charge on any atom is -0.495 e. The van der Waals surface area contributed by atoms with Crippen molar-refractivity contribution < 1.29 is 4.74 Å². The Morgan fingerprint density at radius 2 is 2.19 bits per heavy atom. The summed E-state index contributed by atoms with van der Waals surface area (Å²) in [4.78, 5) is 10.9. The molecular weight excluding hydrogens is 326 g/mol. The van der Waals surface area contributed by atoms with Crippen LogP contribution in [0.4, 0.5) is 5.69 Å². The first kappa shape index (κ1) is 18.0. The number of hydrogen-bond acceptors (Lipinski definition) is 4. The topological polar surface area (TPSA) is 61.8 Å². The van der Waals surface area contributed by atoms with Crippen molar-refractivity contribution in [2.75, 3.05) is 38.7 Å². The molecule has 138 valence electrons. The molecule has 0 radical (unpaired) electrons. The van der Waals surface area contributed by atoms with E-state index in [1.165, 1.54) is 5.56 Å². The van der Waals surface area contributed by atoms with Gasteiger partial charge in [0.15, 0.2) is 5.96 Å². The van der Waals surface area contributed by atoms with Crippen LogP contribution in [0.5, 0.6) is 5.75 Å². The molecule has 1 fully saturated rings. The Hall–Kier alpha value is -2.76. The maximum absolute atomic E-state index is 5.49. The third kappa shape index (κ3) is 4.65. The number of nitrogens with zero attached hydrogens (tertiary/aromatic N) is 3. The van der Waals surface area contributed by atoms with Crippen molar-refractivity contribution in [1.82, 2.24) is 15.6 Å². The van der Waals surface area contributed by atoms with E-state index in [0.717, 1.165) is 49.9 Å². The molecule has 1 aliphatic heterocycles. The minimum absolute atomic E-state index is 0.365. The Labute approximate surface area is 155 Å². The van der Waals surface area contributed by atoms with Crippen LogP contribution in [0.25, 0.3) is 0 Å². The van der Waals surface area contributed by atoms with E-state index in [4.69, 9.17) is 4.74 Å².